The highest BCUT2D eigenvalue weighted by Gasteiger charge is 2.09. The maximum atomic E-state index is 9.00. The van der Waals surface area contributed by atoms with E-state index in [4.69, 9.17) is 10.00 Å². The van der Waals surface area contributed by atoms with Crippen molar-refractivity contribution in [2.24, 2.45) is 0 Å². The third-order valence-electron chi connectivity index (χ3n) is 1.68. The lowest BCUT2D eigenvalue weighted by molar-refractivity contribution is 0.241. The minimum absolute atomic E-state index is 0.0965. The van der Waals surface area contributed by atoms with Crippen LogP contribution in [0.25, 0.3) is 0 Å². The van der Waals surface area contributed by atoms with Crippen molar-refractivity contribution in [2.75, 3.05) is 6.26 Å². The van der Waals surface area contributed by atoms with Gasteiger partial charge in [0.2, 0.25) is 0 Å². The molecule has 0 fully saturated rings. The molecule has 2 nitrogen and oxygen atoms in total. The molecule has 3 heteroatoms. The lowest BCUT2D eigenvalue weighted by atomic mass is 10.2. The van der Waals surface area contributed by atoms with Crippen LogP contribution in [0, 0.1) is 11.3 Å². The molecule has 74 valence electrons. The molecule has 1 aromatic rings. The molecule has 14 heavy (non-hydrogen) atoms. The number of ether oxygens (including phenoxy) is 1. The van der Waals surface area contributed by atoms with Gasteiger partial charge in [0.25, 0.3) is 0 Å². The first-order chi connectivity index (χ1) is 6.69. The van der Waals surface area contributed by atoms with E-state index in [0.29, 0.717) is 11.3 Å². The van der Waals surface area contributed by atoms with Crippen molar-refractivity contribution >= 4 is 11.8 Å². The fourth-order valence-electron chi connectivity index (χ4n) is 1.14. The number of hydrogen-bond donors (Lipinski definition) is 0. The summed E-state index contributed by atoms with van der Waals surface area (Å²) in [6.07, 6.45) is 2.05. The number of thioether (sulfide) groups is 1. The molecule has 1 aromatic carbocycles. The van der Waals surface area contributed by atoms with Crippen molar-refractivity contribution < 1.29 is 4.74 Å². The number of rotatable bonds is 3. The second-order valence-corrected chi connectivity index (χ2v) is 3.96. The summed E-state index contributed by atoms with van der Waals surface area (Å²) in [4.78, 5) is 0.964. The molecule has 0 amide bonds. The molecule has 1 rings (SSSR count). The lowest BCUT2D eigenvalue weighted by Crippen LogP contribution is -2.07. The van der Waals surface area contributed by atoms with Crippen LogP contribution in [-0.2, 0) is 0 Å². The molecule has 0 radical (unpaired) electrons. The molecule has 0 saturated heterocycles. The van der Waals surface area contributed by atoms with Crippen LogP contribution in [0.5, 0.6) is 5.75 Å². The Morgan fingerprint density at radius 3 is 2.64 bits per heavy atom. The van der Waals surface area contributed by atoms with Crippen molar-refractivity contribution in [2.45, 2.75) is 24.8 Å². The lowest BCUT2D eigenvalue weighted by Gasteiger charge is -2.12. The van der Waals surface area contributed by atoms with Crippen molar-refractivity contribution in [3.63, 3.8) is 0 Å². The first-order valence-electron chi connectivity index (χ1n) is 4.42. The predicted molar refractivity (Wildman–Crippen MR) is 58.7 cm³/mol. The average molecular weight is 207 g/mol. The van der Waals surface area contributed by atoms with Crippen LogP contribution in [0.15, 0.2) is 23.1 Å². The van der Waals surface area contributed by atoms with Gasteiger partial charge < -0.3 is 4.74 Å². The van der Waals surface area contributed by atoms with Gasteiger partial charge in [0.15, 0.2) is 0 Å². The van der Waals surface area contributed by atoms with E-state index in [9.17, 15) is 0 Å². The van der Waals surface area contributed by atoms with Gasteiger partial charge in [0, 0.05) is 4.90 Å². The van der Waals surface area contributed by atoms with Gasteiger partial charge in [-0.2, -0.15) is 5.26 Å². The summed E-state index contributed by atoms with van der Waals surface area (Å²) in [6.45, 7) is 3.90. The molecule has 0 N–H and O–H groups in total. The number of benzene rings is 1. The highest BCUT2D eigenvalue weighted by atomic mass is 32.2. The summed E-state index contributed by atoms with van der Waals surface area (Å²) in [5.74, 6) is 0.675. The largest absolute Gasteiger partial charge is 0.490 e. The highest BCUT2D eigenvalue weighted by Crippen LogP contribution is 2.28. The highest BCUT2D eigenvalue weighted by molar-refractivity contribution is 7.98. The van der Waals surface area contributed by atoms with E-state index in [2.05, 4.69) is 6.07 Å². The normalized spacial score (nSPS) is 9.93. The molecule has 0 unspecified atom stereocenters. The molecule has 0 aliphatic rings. The second-order valence-electron chi connectivity index (χ2n) is 3.11. The van der Waals surface area contributed by atoms with Gasteiger partial charge in [0.1, 0.15) is 17.4 Å². The molecular weight excluding hydrogens is 194 g/mol. The fraction of sp³-hybridized carbons (Fsp3) is 0.364. The van der Waals surface area contributed by atoms with E-state index < -0.39 is 0 Å². The Morgan fingerprint density at radius 2 is 2.14 bits per heavy atom. The summed E-state index contributed by atoms with van der Waals surface area (Å²) in [5, 5.41) is 9.00. The van der Waals surface area contributed by atoms with E-state index in [0.717, 1.165) is 4.90 Å². The summed E-state index contributed by atoms with van der Waals surface area (Å²) in [5.41, 5.74) is 0.633. The van der Waals surface area contributed by atoms with Crippen LogP contribution >= 0.6 is 11.8 Å². The van der Waals surface area contributed by atoms with Crippen molar-refractivity contribution in [3.8, 4) is 11.8 Å². The van der Waals surface area contributed by atoms with Gasteiger partial charge >= 0.3 is 0 Å². The SMILES string of the molecule is CSc1cccc(OC(C)C)c1C#N. The van der Waals surface area contributed by atoms with Crippen LogP contribution in [0.4, 0.5) is 0 Å². The van der Waals surface area contributed by atoms with Gasteiger partial charge in [-0.25, -0.2) is 0 Å². The van der Waals surface area contributed by atoms with Crippen LogP contribution in [0.2, 0.25) is 0 Å². The fourth-order valence-corrected chi connectivity index (χ4v) is 1.71. The first kappa shape index (κ1) is 10.9. The topological polar surface area (TPSA) is 33.0 Å². The van der Waals surface area contributed by atoms with Crippen molar-refractivity contribution in [1.29, 1.82) is 5.26 Å². The maximum absolute atomic E-state index is 9.00. The summed E-state index contributed by atoms with van der Waals surface area (Å²) in [6, 6.07) is 7.84. The Kier molecular flexibility index (Phi) is 3.84. The van der Waals surface area contributed by atoms with E-state index in [1.54, 1.807) is 11.8 Å². The molecule has 0 atom stereocenters. The van der Waals surface area contributed by atoms with Crippen LogP contribution in [-0.4, -0.2) is 12.4 Å². The van der Waals surface area contributed by atoms with Crippen molar-refractivity contribution in [3.05, 3.63) is 23.8 Å². The molecule has 0 aliphatic carbocycles. The zero-order valence-electron chi connectivity index (χ0n) is 8.57. The molecule has 0 aromatic heterocycles. The number of nitriles is 1. The van der Waals surface area contributed by atoms with Gasteiger partial charge in [-0.15, -0.1) is 11.8 Å². The predicted octanol–water partition coefficient (Wildman–Crippen LogP) is 3.07. The van der Waals surface area contributed by atoms with Crippen LogP contribution in [0.1, 0.15) is 19.4 Å². The summed E-state index contributed by atoms with van der Waals surface area (Å²) < 4.78 is 5.54. The summed E-state index contributed by atoms with van der Waals surface area (Å²) >= 11 is 1.56. The minimum Gasteiger partial charge on any atom is -0.490 e. The number of nitrogens with zero attached hydrogens (tertiary/aromatic N) is 1. The minimum atomic E-state index is 0.0965. The zero-order valence-corrected chi connectivity index (χ0v) is 9.39. The molecule has 0 spiro atoms. The van der Waals surface area contributed by atoms with E-state index in [-0.39, 0.29) is 6.10 Å². The number of hydrogen-bond acceptors (Lipinski definition) is 3. The average Bonchev–Trinajstić information content (AvgIpc) is 2.16. The maximum Gasteiger partial charge on any atom is 0.138 e. The molecule has 0 bridgehead atoms. The Morgan fingerprint density at radius 1 is 1.43 bits per heavy atom. The van der Waals surface area contributed by atoms with E-state index in [1.165, 1.54) is 0 Å². The Balaban J connectivity index is 3.10. The molecule has 0 heterocycles. The standard InChI is InChI=1S/C11H13NOS/c1-8(2)13-10-5-4-6-11(14-3)9(10)7-12/h4-6,8H,1-3H3. The molecule has 0 aliphatic heterocycles. The first-order valence-corrected chi connectivity index (χ1v) is 5.65. The van der Waals surface area contributed by atoms with Crippen LogP contribution in [0.3, 0.4) is 0 Å². The third-order valence-corrected chi connectivity index (χ3v) is 2.46. The van der Waals surface area contributed by atoms with Gasteiger partial charge in [0.05, 0.1) is 6.10 Å². The monoisotopic (exact) mass is 207 g/mol. The van der Waals surface area contributed by atoms with E-state index >= 15 is 0 Å². The van der Waals surface area contributed by atoms with E-state index in [1.807, 2.05) is 38.3 Å². The Bertz CT molecular complexity index is 355. The molecular formula is C11H13NOS. The van der Waals surface area contributed by atoms with Gasteiger partial charge in [-0.1, -0.05) is 6.07 Å². The second kappa shape index (κ2) is 4.92. The Hall–Kier alpha value is -1.14. The van der Waals surface area contributed by atoms with Gasteiger partial charge in [-0.05, 0) is 32.2 Å². The van der Waals surface area contributed by atoms with Gasteiger partial charge in [-0.3, -0.25) is 0 Å². The Labute approximate surface area is 88.9 Å². The van der Waals surface area contributed by atoms with Crippen molar-refractivity contribution in [1.82, 2.24) is 0 Å². The molecule has 0 saturated carbocycles. The quantitative estimate of drug-likeness (QED) is 0.714. The third kappa shape index (κ3) is 2.43. The zero-order chi connectivity index (χ0) is 10.6. The van der Waals surface area contributed by atoms with Crippen LogP contribution < -0.4 is 4.74 Å². The smallest absolute Gasteiger partial charge is 0.138 e. The summed E-state index contributed by atoms with van der Waals surface area (Å²) in [7, 11) is 0.